The Morgan fingerprint density at radius 3 is 2.72 bits per heavy atom. The number of nitrogens with one attached hydrogen (secondary N) is 1. The van der Waals surface area contributed by atoms with Gasteiger partial charge in [-0.2, -0.15) is 0 Å². The standard InChI is InChI=1S/C14H25N3O/c1-11(2)9-17-10-12(3)15-13(17)16-14(4)5-7-18-8-6-14/h10-11H,5-9H2,1-4H3,(H,15,16). The summed E-state index contributed by atoms with van der Waals surface area (Å²) in [4.78, 5) is 4.61. The summed E-state index contributed by atoms with van der Waals surface area (Å²) in [6, 6.07) is 0. The van der Waals surface area contributed by atoms with Crippen molar-refractivity contribution in [2.45, 2.75) is 52.6 Å². The van der Waals surface area contributed by atoms with Crippen LogP contribution in [0.5, 0.6) is 0 Å². The van der Waals surface area contributed by atoms with Gasteiger partial charge in [0.05, 0.1) is 5.69 Å². The average molecular weight is 251 g/mol. The number of ether oxygens (including phenoxy) is 1. The van der Waals surface area contributed by atoms with Crippen molar-refractivity contribution in [2.75, 3.05) is 18.5 Å². The van der Waals surface area contributed by atoms with E-state index in [9.17, 15) is 0 Å². The number of aryl methyl sites for hydroxylation is 1. The van der Waals surface area contributed by atoms with Crippen LogP contribution in [0.1, 0.15) is 39.3 Å². The van der Waals surface area contributed by atoms with Crippen molar-refractivity contribution in [2.24, 2.45) is 5.92 Å². The molecule has 1 fully saturated rings. The lowest BCUT2D eigenvalue weighted by atomic mass is 9.93. The second kappa shape index (κ2) is 5.31. The molecular formula is C14H25N3O. The fourth-order valence-corrected chi connectivity index (χ4v) is 2.40. The second-order valence-corrected chi connectivity index (χ2v) is 6.05. The molecule has 1 aliphatic heterocycles. The molecule has 4 nitrogen and oxygen atoms in total. The highest BCUT2D eigenvalue weighted by molar-refractivity contribution is 5.33. The van der Waals surface area contributed by atoms with Gasteiger partial charge < -0.3 is 14.6 Å². The minimum Gasteiger partial charge on any atom is -0.381 e. The number of aromatic nitrogens is 2. The minimum atomic E-state index is 0.116. The number of rotatable bonds is 4. The van der Waals surface area contributed by atoms with E-state index in [0.29, 0.717) is 5.92 Å². The van der Waals surface area contributed by atoms with Crippen molar-refractivity contribution in [3.05, 3.63) is 11.9 Å². The Hall–Kier alpha value is -1.03. The monoisotopic (exact) mass is 251 g/mol. The van der Waals surface area contributed by atoms with Crippen molar-refractivity contribution in [3.8, 4) is 0 Å². The first-order chi connectivity index (χ1) is 8.48. The highest BCUT2D eigenvalue weighted by atomic mass is 16.5. The molecule has 0 bridgehead atoms. The van der Waals surface area contributed by atoms with E-state index in [1.54, 1.807) is 0 Å². The molecule has 1 aromatic rings. The van der Waals surface area contributed by atoms with Crippen molar-refractivity contribution in [3.63, 3.8) is 0 Å². The molecule has 102 valence electrons. The van der Waals surface area contributed by atoms with Crippen molar-refractivity contribution < 1.29 is 4.74 Å². The largest absolute Gasteiger partial charge is 0.381 e. The maximum Gasteiger partial charge on any atom is 0.203 e. The number of nitrogens with zero attached hydrogens (tertiary/aromatic N) is 2. The summed E-state index contributed by atoms with van der Waals surface area (Å²) in [5.74, 6) is 1.63. The van der Waals surface area contributed by atoms with Crippen LogP contribution in [0.15, 0.2) is 6.20 Å². The zero-order chi connectivity index (χ0) is 13.2. The Balaban J connectivity index is 2.12. The molecule has 0 amide bonds. The smallest absolute Gasteiger partial charge is 0.203 e. The molecule has 0 saturated carbocycles. The number of hydrogen-bond acceptors (Lipinski definition) is 3. The van der Waals surface area contributed by atoms with Crippen LogP contribution in [0.3, 0.4) is 0 Å². The van der Waals surface area contributed by atoms with E-state index in [4.69, 9.17) is 4.74 Å². The van der Waals surface area contributed by atoms with Gasteiger partial charge in [-0.3, -0.25) is 0 Å². The molecule has 0 aliphatic carbocycles. The van der Waals surface area contributed by atoms with Gasteiger partial charge in [0, 0.05) is 31.5 Å². The van der Waals surface area contributed by atoms with Crippen LogP contribution in [0.25, 0.3) is 0 Å². The van der Waals surface area contributed by atoms with Crippen LogP contribution < -0.4 is 5.32 Å². The molecule has 0 atom stereocenters. The van der Waals surface area contributed by atoms with Gasteiger partial charge in [-0.15, -0.1) is 0 Å². The Bertz CT molecular complexity index is 392. The molecule has 1 aromatic heterocycles. The summed E-state index contributed by atoms with van der Waals surface area (Å²) in [6.45, 7) is 11.5. The van der Waals surface area contributed by atoms with Gasteiger partial charge in [-0.05, 0) is 32.6 Å². The summed E-state index contributed by atoms with van der Waals surface area (Å²) in [5.41, 5.74) is 1.19. The molecule has 18 heavy (non-hydrogen) atoms. The topological polar surface area (TPSA) is 39.1 Å². The van der Waals surface area contributed by atoms with Gasteiger partial charge >= 0.3 is 0 Å². The zero-order valence-corrected chi connectivity index (χ0v) is 12.0. The van der Waals surface area contributed by atoms with Crippen LogP contribution >= 0.6 is 0 Å². The highest BCUT2D eigenvalue weighted by Crippen LogP contribution is 2.25. The molecule has 1 aliphatic rings. The second-order valence-electron chi connectivity index (χ2n) is 6.05. The Labute approximate surface area is 110 Å². The Kier molecular flexibility index (Phi) is 3.95. The molecule has 1 N–H and O–H groups in total. The summed E-state index contributed by atoms with van der Waals surface area (Å²) in [6.07, 6.45) is 4.21. The first-order valence-electron chi connectivity index (χ1n) is 6.88. The Morgan fingerprint density at radius 2 is 2.11 bits per heavy atom. The lowest BCUT2D eigenvalue weighted by molar-refractivity contribution is 0.0654. The third-order valence-corrected chi connectivity index (χ3v) is 3.47. The van der Waals surface area contributed by atoms with Crippen molar-refractivity contribution in [1.29, 1.82) is 0 Å². The molecule has 0 unspecified atom stereocenters. The predicted octanol–water partition coefficient (Wildman–Crippen LogP) is 2.83. The van der Waals surface area contributed by atoms with Crippen LogP contribution in [0, 0.1) is 12.8 Å². The van der Waals surface area contributed by atoms with E-state index in [2.05, 4.69) is 41.8 Å². The molecular weight excluding hydrogens is 226 g/mol. The van der Waals surface area contributed by atoms with Gasteiger partial charge in [-0.25, -0.2) is 4.98 Å². The zero-order valence-electron chi connectivity index (χ0n) is 12.0. The van der Waals surface area contributed by atoms with Crippen LogP contribution in [0.4, 0.5) is 5.95 Å². The third-order valence-electron chi connectivity index (χ3n) is 3.47. The van der Waals surface area contributed by atoms with Crippen LogP contribution in [-0.2, 0) is 11.3 Å². The maximum absolute atomic E-state index is 5.44. The van der Waals surface area contributed by atoms with Gasteiger partial charge in [0.25, 0.3) is 0 Å². The maximum atomic E-state index is 5.44. The van der Waals surface area contributed by atoms with Gasteiger partial charge in [0.15, 0.2) is 0 Å². The first kappa shape index (κ1) is 13.4. The van der Waals surface area contributed by atoms with Crippen LogP contribution in [-0.4, -0.2) is 28.3 Å². The van der Waals surface area contributed by atoms with E-state index >= 15 is 0 Å². The van der Waals surface area contributed by atoms with E-state index in [1.807, 2.05) is 6.92 Å². The number of hydrogen-bond donors (Lipinski definition) is 1. The van der Waals surface area contributed by atoms with E-state index in [1.165, 1.54) is 0 Å². The molecule has 2 rings (SSSR count). The SMILES string of the molecule is Cc1cn(CC(C)C)c(NC2(C)CCOCC2)n1. The lowest BCUT2D eigenvalue weighted by Crippen LogP contribution is -2.41. The number of anilines is 1. The lowest BCUT2D eigenvalue weighted by Gasteiger charge is -2.35. The van der Waals surface area contributed by atoms with E-state index < -0.39 is 0 Å². The molecule has 0 spiro atoms. The average Bonchev–Trinajstić information content (AvgIpc) is 2.58. The number of imidazole rings is 1. The normalized spacial score (nSPS) is 19.2. The molecule has 4 heteroatoms. The summed E-state index contributed by atoms with van der Waals surface area (Å²) >= 11 is 0. The molecule has 1 saturated heterocycles. The highest BCUT2D eigenvalue weighted by Gasteiger charge is 2.28. The van der Waals surface area contributed by atoms with Gasteiger partial charge in [0.2, 0.25) is 5.95 Å². The summed E-state index contributed by atoms with van der Waals surface area (Å²) in [7, 11) is 0. The van der Waals surface area contributed by atoms with Gasteiger partial charge in [-0.1, -0.05) is 13.8 Å². The van der Waals surface area contributed by atoms with E-state index in [-0.39, 0.29) is 5.54 Å². The fraction of sp³-hybridized carbons (Fsp3) is 0.786. The predicted molar refractivity (Wildman–Crippen MR) is 73.9 cm³/mol. The first-order valence-corrected chi connectivity index (χ1v) is 6.88. The van der Waals surface area contributed by atoms with E-state index in [0.717, 1.165) is 44.2 Å². The van der Waals surface area contributed by atoms with Crippen molar-refractivity contribution >= 4 is 5.95 Å². The molecule has 0 aromatic carbocycles. The molecule has 2 heterocycles. The van der Waals surface area contributed by atoms with Gasteiger partial charge in [0.1, 0.15) is 0 Å². The van der Waals surface area contributed by atoms with Crippen molar-refractivity contribution in [1.82, 2.24) is 9.55 Å². The third kappa shape index (κ3) is 3.25. The Morgan fingerprint density at radius 1 is 1.44 bits per heavy atom. The minimum absolute atomic E-state index is 0.116. The fourth-order valence-electron chi connectivity index (χ4n) is 2.40. The molecule has 0 radical (unpaired) electrons. The summed E-state index contributed by atoms with van der Waals surface area (Å²) < 4.78 is 7.67. The van der Waals surface area contributed by atoms with Crippen LogP contribution in [0.2, 0.25) is 0 Å². The summed E-state index contributed by atoms with van der Waals surface area (Å²) in [5, 5.41) is 3.62. The quantitative estimate of drug-likeness (QED) is 0.894.